The highest BCUT2D eigenvalue weighted by molar-refractivity contribution is 5.77. The molecule has 1 amide bonds. The topological polar surface area (TPSA) is 44.8 Å². The van der Waals surface area contributed by atoms with Crippen LogP contribution in [-0.2, 0) is 22.6 Å². The Morgan fingerprint density at radius 2 is 1.65 bits per heavy atom. The zero-order valence-electron chi connectivity index (χ0n) is 15.0. The average molecular weight is 373 g/mol. The van der Waals surface area contributed by atoms with E-state index in [1.165, 1.54) is 5.56 Å². The summed E-state index contributed by atoms with van der Waals surface area (Å²) in [5.74, 6) is -0.563. The molecule has 1 aliphatic heterocycles. The van der Waals surface area contributed by atoms with Gasteiger partial charge in [0.25, 0.3) is 0 Å². The fourth-order valence-electron chi connectivity index (χ4n) is 2.80. The van der Waals surface area contributed by atoms with Crippen LogP contribution >= 0.6 is 0 Å². The normalized spacial score (nSPS) is 16.6. The Hall–Kier alpha value is -1.64. The maximum Gasteiger partial charge on any atom is 0.411 e. The molecule has 0 atom stereocenters. The van der Waals surface area contributed by atoms with E-state index in [0.29, 0.717) is 0 Å². The van der Waals surface area contributed by atoms with Crippen LogP contribution in [0.5, 0.6) is 0 Å². The van der Waals surface area contributed by atoms with E-state index in [2.05, 4.69) is 26.8 Å². The summed E-state index contributed by atoms with van der Waals surface area (Å²) in [6, 6.07) is 7.89. The molecule has 2 rings (SSSR count). The monoisotopic (exact) mass is 373 g/mol. The zero-order valence-corrected chi connectivity index (χ0v) is 15.0. The quantitative estimate of drug-likeness (QED) is 0.757. The minimum Gasteiger partial charge on any atom is -0.362 e. The molecule has 1 aliphatic rings. The number of likely N-dealkylation sites (N-methyl/N-ethyl adjacent to an activating group) is 1. The van der Waals surface area contributed by atoms with Crippen molar-refractivity contribution in [1.82, 2.24) is 15.1 Å². The van der Waals surface area contributed by atoms with Gasteiger partial charge in [0.15, 0.2) is 0 Å². The van der Waals surface area contributed by atoms with Gasteiger partial charge < -0.3 is 15.0 Å². The van der Waals surface area contributed by atoms with Gasteiger partial charge in [-0.25, -0.2) is 0 Å². The van der Waals surface area contributed by atoms with Crippen molar-refractivity contribution in [2.45, 2.75) is 26.2 Å². The van der Waals surface area contributed by atoms with E-state index < -0.39 is 25.3 Å². The molecular formula is C18H26F3N3O2. The predicted octanol–water partition coefficient (Wildman–Crippen LogP) is 2.02. The van der Waals surface area contributed by atoms with Gasteiger partial charge in [0, 0.05) is 39.3 Å². The minimum absolute atomic E-state index is 0.268. The van der Waals surface area contributed by atoms with Gasteiger partial charge in [-0.15, -0.1) is 0 Å². The second-order valence-corrected chi connectivity index (χ2v) is 6.41. The smallest absolute Gasteiger partial charge is 0.362 e. The van der Waals surface area contributed by atoms with Crippen molar-refractivity contribution in [3.8, 4) is 0 Å². The molecule has 1 fully saturated rings. The lowest BCUT2D eigenvalue weighted by Gasteiger charge is -2.34. The molecule has 0 aliphatic carbocycles. The highest BCUT2D eigenvalue weighted by Crippen LogP contribution is 2.14. The van der Waals surface area contributed by atoms with Crippen molar-refractivity contribution < 1.29 is 22.7 Å². The molecule has 5 nitrogen and oxygen atoms in total. The molecular weight excluding hydrogens is 347 g/mol. The molecule has 146 valence electrons. The second kappa shape index (κ2) is 9.89. The third-order valence-electron chi connectivity index (χ3n) is 4.33. The fraction of sp³-hybridized carbons (Fsp3) is 0.611. The molecule has 0 radical (unpaired) electrons. The molecule has 1 aromatic carbocycles. The molecule has 26 heavy (non-hydrogen) atoms. The van der Waals surface area contributed by atoms with Crippen molar-refractivity contribution in [2.75, 3.05) is 45.9 Å². The van der Waals surface area contributed by atoms with Gasteiger partial charge in [0.05, 0.1) is 0 Å². The van der Waals surface area contributed by atoms with Gasteiger partial charge in [-0.05, 0) is 17.7 Å². The van der Waals surface area contributed by atoms with Crippen LogP contribution in [0.1, 0.15) is 18.1 Å². The number of nitrogens with zero attached hydrogens (tertiary/aromatic N) is 2. The summed E-state index contributed by atoms with van der Waals surface area (Å²) in [7, 11) is 0. The van der Waals surface area contributed by atoms with Gasteiger partial charge in [0.1, 0.15) is 13.2 Å². The summed E-state index contributed by atoms with van der Waals surface area (Å²) < 4.78 is 40.1. The van der Waals surface area contributed by atoms with Crippen molar-refractivity contribution in [3.05, 3.63) is 35.4 Å². The molecule has 1 heterocycles. The minimum atomic E-state index is -4.42. The molecule has 0 aromatic heterocycles. The van der Waals surface area contributed by atoms with Crippen molar-refractivity contribution in [1.29, 1.82) is 0 Å². The van der Waals surface area contributed by atoms with Crippen molar-refractivity contribution >= 4 is 5.91 Å². The summed E-state index contributed by atoms with van der Waals surface area (Å²) in [6.45, 7) is 6.73. The van der Waals surface area contributed by atoms with Gasteiger partial charge >= 0.3 is 6.18 Å². The van der Waals surface area contributed by atoms with Gasteiger partial charge in [-0.1, -0.05) is 31.2 Å². The number of halogens is 3. The van der Waals surface area contributed by atoms with Gasteiger partial charge in [-0.3, -0.25) is 9.69 Å². The Kier molecular flexibility index (Phi) is 7.86. The first kappa shape index (κ1) is 20.7. The Bertz CT molecular complexity index is 556. The lowest BCUT2D eigenvalue weighted by molar-refractivity contribution is -0.175. The first-order valence-corrected chi connectivity index (χ1v) is 8.79. The van der Waals surface area contributed by atoms with E-state index in [1.54, 1.807) is 0 Å². The van der Waals surface area contributed by atoms with Crippen molar-refractivity contribution in [2.24, 2.45) is 0 Å². The first-order valence-electron chi connectivity index (χ1n) is 8.79. The Morgan fingerprint density at radius 1 is 1.08 bits per heavy atom. The van der Waals surface area contributed by atoms with E-state index in [1.807, 2.05) is 24.3 Å². The average Bonchev–Trinajstić information content (AvgIpc) is 2.61. The Labute approximate surface area is 152 Å². The number of alkyl halides is 3. The fourth-order valence-corrected chi connectivity index (χ4v) is 2.80. The molecule has 0 saturated carbocycles. The van der Waals surface area contributed by atoms with E-state index in [-0.39, 0.29) is 6.54 Å². The molecule has 1 saturated heterocycles. The summed E-state index contributed by atoms with van der Waals surface area (Å²) in [5, 5.41) is 2.55. The Balaban J connectivity index is 1.68. The van der Waals surface area contributed by atoms with E-state index in [0.717, 1.165) is 44.8 Å². The highest BCUT2D eigenvalue weighted by Gasteiger charge is 2.27. The second-order valence-electron chi connectivity index (χ2n) is 6.41. The maximum atomic E-state index is 11.9. The van der Waals surface area contributed by atoms with E-state index in [9.17, 15) is 18.0 Å². The van der Waals surface area contributed by atoms with Crippen LogP contribution in [0.25, 0.3) is 0 Å². The molecule has 1 aromatic rings. The maximum absolute atomic E-state index is 11.9. The summed E-state index contributed by atoms with van der Waals surface area (Å²) >= 11 is 0. The number of ether oxygens (including phenoxy) is 1. The van der Waals surface area contributed by atoms with Gasteiger partial charge in [0.2, 0.25) is 5.91 Å². The summed E-state index contributed by atoms with van der Waals surface area (Å²) in [4.78, 5) is 16.3. The van der Waals surface area contributed by atoms with Crippen molar-refractivity contribution in [3.63, 3.8) is 0 Å². The number of carbonyl (C=O) groups excluding carboxylic acids is 1. The van der Waals surface area contributed by atoms with Crippen LogP contribution in [0.3, 0.4) is 0 Å². The molecule has 1 N–H and O–H groups in total. The number of nitrogens with one attached hydrogen (secondary N) is 1. The SMILES string of the molecule is CCN1CCN(Cc2ccc(CNC(=O)COCC(F)(F)F)cc2)CC1. The first-order chi connectivity index (χ1) is 12.4. The molecule has 0 spiro atoms. The highest BCUT2D eigenvalue weighted by atomic mass is 19.4. The number of amides is 1. The number of carbonyl (C=O) groups is 1. The lowest BCUT2D eigenvalue weighted by atomic mass is 10.1. The summed E-state index contributed by atoms with van der Waals surface area (Å²) in [6.07, 6.45) is -4.42. The number of piperazine rings is 1. The van der Waals surface area contributed by atoms with E-state index >= 15 is 0 Å². The van der Waals surface area contributed by atoms with Crippen LogP contribution in [0.15, 0.2) is 24.3 Å². The van der Waals surface area contributed by atoms with Crippen LogP contribution in [-0.4, -0.2) is 67.8 Å². The van der Waals surface area contributed by atoms with E-state index in [4.69, 9.17) is 0 Å². The standard InChI is InChI=1S/C18H26F3N3O2/c1-2-23-7-9-24(10-8-23)12-16-5-3-15(4-6-16)11-22-17(25)13-26-14-18(19,20)21/h3-6H,2,7-14H2,1H3,(H,22,25). The van der Waals surface area contributed by atoms with Crippen LogP contribution in [0, 0.1) is 0 Å². The predicted molar refractivity (Wildman–Crippen MR) is 92.6 cm³/mol. The zero-order chi connectivity index (χ0) is 19.0. The number of hydrogen-bond donors (Lipinski definition) is 1. The lowest BCUT2D eigenvalue weighted by Crippen LogP contribution is -2.45. The third-order valence-corrected chi connectivity index (χ3v) is 4.33. The number of rotatable bonds is 8. The largest absolute Gasteiger partial charge is 0.411 e. The Morgan fingerprint density at radius 3 is 2.23 bits per heavy atom. The summed E-state index contributed by atoms with van der Waals surface area (Å²) in [5.41, 5.74) is 2.10. The molecule has 8 heteroatoms. The number of hydrogen-bond acceptors (Lipinski definition) is 4. The van der Waals surface area contributed by atoms with Gasteiger partial charge in [-0.2, -0.15) is 13.2 Å². The third kappa shape index (κ3) is 7.72. The molecule has 0 bridgehead atoms. The van der Waals surface area contributed by atoms with Crippen LogP contribution < -0.4 is 5.32 Å². The van der Waals surface area contributed by atoms with Crippen LogP contribution in [0.4, 0.5) is 13.2 Å². The van der Waals surface area contributed by atoms with Crippen LogP contribution in [0.2, 0.25) is 0 Å². The number of benzene rings is 1. The molecule has 0 unspecified atom stereocenters.